The molecule has 0 aromatic heterocycles. The highest BCUT2D eigenvalue weighted by Gasteiger charge is 2.35. The average molecular weight is 187 g/mol. The maximum atomic E-state index is 11.7. The molecule has 1 fully saturated rings. The maximum absolute atomic E-state index is 11.7. The molecule has 0 N–H and O–H groups in total. The number of carbonyl (C=O) groups is 1. The van der Waals surface area contributed by atoms with E-state index in [2.05, 4.69) is 0 Å². The molecule has 0 unspecified atom stereocenters. The molecule has 4 heteroatoms. The van der Waals surface area contributed by atoms with Gasteiger partial charge in [0, 0.05) is 12.8 Å². The fourth-order valence-corrected chi connectivity index (χ4v) is 1.37. The van der Waals surface area contributed by atoms with E-state index in [1.165, 1.54) is 0 Å². The molecule has 76 valence electrons. The number of hydrogen-bond donors (Lipinski definition) is 0. The summed E-state index contributed by atoms with van der Waals surface area (Å²) in [6, 6.07) is 0. The molecule has 1 saturated heterocycles. The minimum absolute atomic E-state index is 0.370. The van der Waals surface area contributed by atoms with Crippen LogP contribution in [0.4, 0.5) is 4.79 Å². The molecule has 0 aromatic carbocycles. The number of hydrogen-bond acceptors (Lipinski definition) is 3. The number of quaternary nitrogens is 1. The zero-order valence-electron chi connectivity index (χ0n) is 8.50. The highest BCUT2D eigenvalue weighted by molar-refractivity contribution is 5.60. The van der Waals surface area contributed by atoms with Crippen molar-refractivity contribution in [3.8, 4) is 0 Å². The van der Waals surface area contributed by atoms with Crippen LogP contribution in [0.1, 0.15) is 33.6 Å². The van der Waals surface area contributed by atoms with Crippen molar-refractivity contribution >= 4 is 6.09 Å². The van der Waals surface area contributed by atoms with E-state index < -0.39 is 16.3 Å². The third-order valence-corrected chi connectivity index (χ3v) is 2.01. The van der Waals surface area contributed by atoms with Crippen LogP contribution in [0, 0.1) is 5.21 Å². The lowest BCUT2D eigenvalue weighted by molar-refractivity contribution is -0.794. The van der Waals surface area contributed by atoms with Crippen LogP contribution in [0.2, 0.25) is 0 Å². The summed E-state index contributed by atoms with van der Waals surface area (Å²) in [5.74, 6) is 0. The molecular formula is C9H17NO3. The SMILES string of the molecule is CC(C)(C)OC(=O)[N+]1([O-])CCCC1. The summed E-state index contributed by atoms with van der Waals surface area (Å²) in [6.07, 6.45) is 1.01. The molecule has 1 amide bonds. The number of amides is 1. The van der Waals surface area contributed by atoms with Crippen LogP contribution in [0.25, 0.3) is 0 Å². The summed E-state index contributed by atoms with van der Waals surface area (Å²) in [5, 5.41) is 11.7. The van der Waals surface area contributed by atoms with E-state index in [1.807, 2.05) is 0 Å². The molecule has 0 aliphatic carbocycles. The first-order valence-corrected chi connectivity index (χ1v) is 4.65. The fourth-order valence-electron chi connectivity index (χ4n) is 1.37. The molecule has 0 saturated carbocycles. The van der Waals surface area contributed by atoms with Crippen LogP contribution in [0.15, 0.2) is 0 Å². The lowest BCUT2D eigenvalue weighted by Crippen LogP contribution is -2.47. The van der Waals surface area contributed by atoms with Gasteiger partial charge in [-0.15, -0.1) is 0 Å². The van der Waals surface area contributed by atoms with Gasteiger partial charge in [0.05, 0.1) is 13.1 Å². The van der Waals surface area contributed by atoms with Crippen molar-refractivity contribution < 1.29 is 14.2 Å². The Hall–Kier alpha value is -0.610. The van der Waals surface area contributed by atoms with Crippen molar-refractivity contribution in [1.29, 1.82) is 0 Å². The Labute approximate surface area is 78.6 Å². The summed E-state index contributed by atoms with van der Waals surface area (Å²) in [6.45, 7) is 6.05. The molecule has 0 spiro atoms. The summed E-state index contributed by atoms with van der Waals surface area (Å²) in [7, 11) is 0. The summed E-state index contributed by atoms with van der Waals surface area (Å²) < 4.78 is 4.25. The van der Waals surface area contributed by atoms with E-state index in [4.69, 9.17) is 4.74 Å². The molecule has 0 aromatic rings. The molecule has 1 aliphatic heterocycles. The van der Waals surface area contributed by atoms with Gasteiger partial charge >= 0.3 is 6.09 Å². The zero-order valence-corrected chi connectivity index (χ0v) is 8.50. The normalized spacial score (nSPS) is 21.5. The van der Waals surface area contributed by atoms with Gasteiger partial charge < -0.3 is 9.94 Å². The minimum Gasteiger partial charge on any atom is -0.622 e. The molecular weight excluding hydrogens is 170 g/mol. The Kier molecular flexibility index (Phi) is 2.63. The second-order valence-electron chi connectivity index (χ2n) is 4.52. The Morgan fingerprint density at radius 2 is 1.77 bits per heavy atom. The maximum Gasteiger partial charge on any atom is 0.516 e. The lowest BCUT2D eigenvalue weighted by atomic mass is 10.2. The van der Waals surface area contributed by atoms with E-state index >= 15 is 0 Å². The second-order valence-corrected chi connectivity index (χ2v) is 4.52. The first-order chi connectivity index (χ1) is 5.83. The largest absolute Gasteiger partial charge is 0.622 e. The topological polar surface area (TPSA) is 49.4 Å². The van der Waals surface area contributed by atoms with Crippen molar-refractivity contribution in [3.63, 3.8) is 0 Å². The van der Waals surface area contributed by atoms with E-state index in [0.29, 0.717) is 13.1 Å². The fraction of sp³-hybridized carbons (Fsp3) is 0.889. The zero-order chi connectivity index (χ0) is 10.1. The summed E-state index contributed by atoms with van der Waals surface area (Å²) >= 11 is 0. The summed E-state index contributed by atoms with van der Waals surface area (Å²) in [5.41, 5.74) is -0.560. The molecule has 4 nitrogen and oxygen atoms in total. The number of likely N-dealkylation sites (tertiary alicyclic amines) is 1. The van der Waals surface area contributed by atoms with E-state index in [1.54, 1.807) is 20.8 Å². The van der Waals surface area contributed by atoms with Gasteiger partial charge in [0.25, 0.3) is 0 Å². The van der Waals surface area contributed by atoms with Gasteiger partial charge in [-0.2, -0.15) is 4.79 Å². The van der Waals surface area contributed by atoms with Gasteiger partial charge in [-0.05, 0) is 20.8 Å². The molecule has 13 heavy (non-hydrogen) atoms. The van der Waals surface area contributed by atoms with Crippen LogP contribution in [-0.2, 0) is 4.74 Å². The average Bonchev–Trinajstić information content (AvgIpc) is 2.33. The highest BCUT2D eigenvalue weighted by atomic mass is 16.7. The first-order valence-electron chi connectivity index (χ1n) is 4.65. The minimum atomic E-state index is -0.794. The predicted octanol–water partition coefficient (Wildman–Crippen LogP) is 2.03. The molecule has 1 rings (SSSR count). The van der Waals surface area contributed by atoms with Crippen molar-refractivity contribution in [2.45, 2.75) is 39.2 Å². The molecule has 0 bridgehead atoms. The smallest absolute Gasteiger partial charge is 0.516 e. The molecule has 1 heterocycles. The van der Waals surface area contributed by atoms with Crippen molar-refractivity contribution in [3.05, 3.63) is 5.21 Å². The van der Waals surface area contributed by atoms with Crippen LogP contribution in [0.5, 0.6) is 0 Å². The standard InChI is InChI=1S/C9H17NO3/c1-9(2,3)13-8(11)10(12)6-4-5-7-10/h4-7H2,1-3H3. The van der Waals surface area contributed by atoms with Crippen LogP contribution in [-0.4, -0.2) is 29.4 Å². The molecule has 1 aliphatic rings. The second kappa shape index (κ2) is 3.27. The Balaban J connectivity index is 2.57. The number of hydroxylamine groups is 3. The van der Waals surface area contributed by atoms with E-state index in [0.717, 1.165) is 12.8 Å². The van der Waals surface area contributed by atoms with Gasteiger partial charge in [-0.25, -0.2) is 0 Å². The Morgan fingerprint density at radius 1 is 1.31 bits per heavy atom. The van der Waals surface area contributed by atoms with Crippen LogP contribution in [0.3, 0.4) is 0 Å². The molecule has 0 radical (unpaired) electrons. The number of ether oxygens (including phenoxy) is 1. The Bertz CT molecular complexity index is 201. The van der Waals surface area contributed by atoms with Crippen LogP contribution < -0.4 is 0 Å². The van der Waals surface area contributed by atoms with E-state index in [9.17, 15) is 10.0 Å². The number of carbonyl (C=O) groups excluding carboxylic acids is 1. The van der Waals surface area contributed by atoms with Gasteiger partial charge in [0.1, 0.15) is 5.60 Å². The lowest BCUT2D eigenvalue weighted by Gasteiger charge is -2.35. The van der Waals surface area contributed by atoms with Gasteiger partial charge in [-0.1, -0.05) is 0 Å². The van der Waals surface area contributed by atoms with E-state index in [-0.39, 0.29) is 0 Å². The molecule has 0 atom stereocenters. The third-order valence-electron chi connectivity index (χ3n) is 2.01. The van der Waals surface area contributed by atoms with Gasteiger partial charge in [0.2, 0.25) is 0 Å². The van der Waals surface area contributed by atoms with Crippen molar-refractivity contribution in [1.82, 2.24) is 0 Å². The van der Waals surface area contributed by atoms with Crippen LogP contribution >= 0.6 is 0 Å². The van der Waals surface area contributed by atoms with Crippen molar-refractivity contribution in [2.75, 3.05) is 13.1 Å². The number of rotatable bonds is 0. The Morgan fingerprint density at radius 3 is 2.15 bits per heavy atom. The monoisotopic (exact) mass is 187 g/mol. The predicted molar refractivity (Wildman–Crippen MR) is 48.8 cm³/mol. The van der Waals surface area contributed by atoms with Gasteiger partial charge in [-0.3, -0.25) is 4.65 Å². The quantitative estimate of drug-likeness (QED) is 0.430. The van der Waals surface area contributed by atoms with Crippen molar-refractivity contribution in [2.24, 2.45) is 0 Å². The summed E-state index contributed by atoms with van der Waals surface area (Å²) in [4.78, 5) is 11.4. The van der Waals surface area contributed by atoms with Gasteiger partial charge in [0.15, 0.2) is 0 Å². The third kappa shape index (κ3) is 2.67. The number of nitrogens with zero attached hydrogens (tertiary/aromatic N) is 1. The first kappa shape index (κ1) is 10.5. The highest BCUT2D eigenvalue weighted by Crippen LogP contribution is 2.21.